The highest BCUT2D eigenvalue weighted by atomic mass is 32.2. The molecule has 0 aliphatic rings. The Morgan fingerprint density at radius 3 is 2.65 bits per heavy atom. The van der Waals surface area contributed by atoms with E-state index in [-0.39, 0.29) is 11.8 Å². The molecule has 1 N–H and O–H groups in total. The lowest BCUT2D eigenvalue weighted by atomic mass is 10.1. The van der Waals surface area contributed by atoms with E-state index in [1.807, 2.05) is 28.9 Å². The normalized spacial score (nSPS) is 13.8. The second-order valence-corrected chi connectivity index (χ2v) is 7.25. The van der Waals surface area contributed by atoms with Crippen LogP contribution in [0.2, 0.25) is 0 Å². The number of aryl methyl sites for hydroxylation is 1. The molecule has 0 aliphatic carbocycles. The van der Waals surface area contributed by atoms with Crippen LogP contribution in [0.15, 0.2) is 24.3 Å². The molecule has 5 nitrogen and oxygen atoms in total. The second-order valence-electron chi connectivity index (χ2n) is 5.06. The summed E-state index contributed by atoms with van der Waals surface area (Å²) in [4.78, 5) is 0. The van der Waals surface area contributed by atoms with Crippen LogP contribution < -0.4 is 5.32 Å². The molecule has 0 spiro atoms. The molecule has 0 saturated carbocycles. The fourth-order valence-electron chi connectivity index (χ4n) is 2.43. The van der Waals surface area contributed by atoms with Crippen molar-refractivity contribution in [2.45, 2.75) is 25.9 Å². The van der Waals surface area contributed by atoms with Crippen molar-refractivity contribution in [3.05, 3.63) is 30.0 Å². The van der Waals surface area contributed by atoms with Gasteiger partial charge in [0.1, 0.15) is 9.84 Å². The van der Waals surface area contributed by atoms with E-state index < -0.39 is 9.84 Å². The Labute approximate surface area is 119 Å². The number of hydrogen-bond donors (Lipinski definition) is 1. The van der Waals surface area contributed by atoms with E-state index in [4.69, 9.17) is 0 Å². The van der Waals surface area contributed by atoms with E-state index in [2.05, 4.69) is 17.3 Å². The van der Waals surface area contributed by atoms with Gasteiger partial charge in [0.25, 0.3) is 0 Å². The molecule has 0 bridgehead atoms. The topological polar surface area (TPSA) is 64.0 Å². The Balaban J connectivity index is 2.33. The van der Waals surface area contributed by atoms with Gasteiger partial charge in [-0.05, 0) is 20.0 Å². The lowest BCUT2D eigenvalue weighted by molar-refractivity contribution is 0.559. The quantitative estimate of drug-likeness (QED) is 0.870. The summed E-state index contributed by atoms with van der Waals surface area (Å²) in [6, 6.07) is 7.94. The van der Waals surface area contributed by atoms with Crippen LogP contribution in [0.1, 0.15) is 12.6 Å². The summed E-state index contributed by atoms with van der Waals surface area (Å²) in [6.45, 7) is 2.85. The summed E-state index contributed by atoms with van der Waals surface area (Å²) in [5, 5.41) is 8.78. The largest absolute Gasteiger partial charge is 0.316 e. The first kappa shape index (κ1) is 15.0. The Morgan fingerprint density at radius 2 is 2.05 bits per heavy atom. The van der Waals surface area contributed by atoms with Gasteiger partial charge in [-0.3, -0.25) is 4.68 Å². The molecule has 0 saturated heterocycles. The maximum Gasteiger partial charge on any atom is 0.148 e. The number of para-hydroxylation sites is 1. The highest BCUT2D eigenvalue weighted by Crippen LogP contribution is 2.19. The fraction of sp³-hybridized carbons (Fsp3) is 0.500. The molecule has 110 valence electrons. The number of aromatic nitrogens is 2. The minimum atomic E-state index is -3.00. The minimum absolute atomic E-state index is 0.117. The molecule has 6 heteroatoms. The molecule has 0 amide bonds. The monoisotopic (exact) mass is 295 g/mol. The first-order valence-electron chi connectivity index (χ1n) is 6.74. The van der Waals surface area contributed by atoms with E-state index in [0.29, 0.717) is 6.42 Å². The van der Waals surface area contributed by atoms with Crippen molar-refractivity contribution < 1.29 is 8.42 Å². The van der Waals surface area contributed by atoms with Crippen LogP contribution in [0, 0.1) is 0 Å². The van der Waals surface area contributed by atoms with Gasteiger partial charge in [0, 0.05) is 30.6 Å². The number of benzene rings is 1. The zero-order valence-electron chi connectivity index (χ0n) is 12.1. The third kappa shape index (κ3) is 3.37. The predicted molar refractivity (Wildman–Crippen MR) is 81.7 cm³/mol. The average Bonchev–Trinajstić information content (AvgIpc) is 2.75. The number of nitrogens with zero attached hydrogens (tertiary/aromatic N) is 2. The summed E-state index contributed by atoms with van der Waals surface area (Å²) < 4.78 is 24.9. The van der Waals surface area contributed by atoms with Gasteiger partial charge in [-0.25, -0.2) is 8.42 Å². The minimum Gasteiger partial charge on any atom is -0.316 e. The summed E-state index contributed by atoms with van der Waals surface area (Å²) in [5.41, 5.74) is 2.05. The highest BCUT2D eigenvalue weighted by Gasteiger charge is 2.18. The van der Waals surface area contributed by atoms with E-state index in [1.54, 1.807) is 7.05 Å². The van der Waals surface area contributed by atoms with Crippen molar-refractivity contribution in [3.63, 3.8) is 0 Å². The summed E-state index contributed by atoms with van der Waals surface area (Å²) >= 11 is 0. The van der Waals surface area contributed by atoms with Gasteiger partial charge in [0.15, 0.2) is 0 Å². The molecule has 2 rings (SSSR count). The Kier molecular flexibility index (Phi) is 4.45. The first-order valence-corrected chi connectivity index (χ1v) is 8.80. The van der Waals surface area contributed by atoms with Crippen LogP contribution in [-0.2, 0) is 22.8 Å². The van der Waals surface area contributed by atoms with Crippen molar-refractivity contribution in [3.8, 4) is 0 Å². The summed E-state index contributed by atoms with van der Waals surface area (Å²) in [7, 11) is -1.22. The molecule has 0 radical (unpaired) electrons. The van der Waals surface area contributed by atoms with Gasteiger partial charge in [-0.1, -0.05) is 18.2 Å². The van der Waals surface area contributed by atoms with Crippen molar-refractivity contribution in [2.75, 3.05) is 19.1 Å². The van der Waals surface area contributed by atoms with E-state index in [9.17, 15) is 8.42 Å². The molecule has 1 aromatic carbocycles. The third-order valence-corrected chi connectivity index (χ3v) is 4.39. The SMILES string of the molecule is CCn1nc(CC(CS(C)(=O)=O)NC)c2ccccc21. The second kappa shape index (κ2) is 5.93. The summed E-state index contributed by atoms with van der Waals surface area (Å²) in [5.74, 6) is 0.122. The fourth-order valence-corrected chi connectivity index (χ4v) is 3.45. The van der Waals surface area contributed by atoms with E-state index in [1.165, 1.54) is 6.26 Å². The number of fused-ring (bicyclic) bond motifs is 1. The molecule has 1 heterocycles. The van der Waals surface area contributed by atoms with Crippen LogP contribution >= 0.6 is 0 Å². The molecule has 1 aromatic heterocycles. The number of likely N-dealkylation sites (N-methyl/N-ethyl adjacent to an activating group) is 1. The molecule has 1 unspecified atom stereocenters. The predicted octanol–water partition coefficient (Wildman–Crippen LogP) is 1.23. The zero-order valence-corrected chi connectivity index (χ0v) is 12.9. The van der Waals surface area contributed by atoms with Crippen molar-refractivity contribution in [2.24, 2.45) is 0 Å². The number of nitrogens with one attached hydrogen (secondary N) is 1. The first-order chi connectivity index (χ1) is 9.44. The van der Waals surface area contributed by atoms with Crippen LogP contribution in [0.3, 0.4) is 0 Å². The third-order valence-electron chi connectivity index (χ3n) is 3.39. The molecular formula is C14H21N3O2S. The number of sulfone groups is 1. The Hall–Kier alpha value is -1.40. The standard InChI is InChI=1S/C14H21N3O2S/c1-4-17-14-8-6-5-7-12(14)13(16-17)9-11(15-2)10-20(3,18)19/h5-8,11,15H,4,9-10H2,1-3H3. The van der Waals surface area contributed by atoms with Crippen LogP contribution in [0.25, 0.3) is 10.9 Å². The van der Waals surface area contributed by atoms with E-state index >= 15 is 0 Å². The van der Waals surface area contributed by atoms with Gasteiger partial charge in [-0.15, -0.1) is 0 Å². The van der Waals surface area contributed by atoms with Crippen molar-refractivity contribution in [1.29, 1.82) is 0 Å². The molecule has 0 aliphatic heterocycles. The van der Waals surface area contributed by atoms with Gasteiger partial charge < -0.3 is 5.32 Å². The van der Waals surface area contributed by atoms with Gasteiger partial charge >= 0.3 is 0 Å². The lowest BCUT2D eigenvalue weighted by Crippen LogP contribution is -2.34. The number of rotatable bonds is 6. The smallest absolute Gasteiger partial charge is 0.148 e. The highest BCUT2D eigenvalue weighted by molar-refractivity contribution is 7.90. The van der Waals surface area contributed by atoms with Gasteiger partial charge in [0.05, 0.1) is 17.0 Å². The average molecular weight is 295 g/mol. The Bertz CT molecular complexity index is 692. The van der Waals surface area contributed by atoms with Crippen molar-refractivity contribution >= 4 is 20.7 Å². The molecule has 20 heavy (non-hydrogen) atoms. The Morgan fingerprint density at radius 1 is 1.35 bits per heavy atom. The zero-order chi connectivity index (χ0) is 14.8. The van der Waals surface area contributed by atoms with Crippen LogP contribution in [0.4, 0.5) is 0 Å². The summed E-state index contributed by atoms with van der Waals surface area (Å²) in [6.07, 6.45) is 1.87. The molecule has 1 atom stereocenters. The maximum atomic E-state index is 11.5. The molecule has 0 fully saturated rings. The van der Waals surface area contributed by atoms with Gasteiger partial charge in [0.2, 0.25) is 0 Å². The molecule has 2 aromatic rings. The van der Waals surface area contributed by atoms with E-state index in [0.717, 1.165) is 23.1 Å². The lowest BCUT2D eigenvalue weighted by Gasteiger charge is -2.13. The molecular weight excluding hydrogens is 274 g/mol. The van der Waals surface area contributed by atoms with Crippen LogP contribution in [-0.4, -0.2) is 43.3 Å². The van der Waals surface area contributed by atoms with Crippen molar-refractivity contribution in [1.82, 2.24) is 15.1 Å². The number of hydrogen-bond acceptors (Lipinski definition) is 4. The van der Waals surface area contributed by atoms with Crippen LogP contribution in [0.5, 0.6) is 0 Å². The van der Waals surface area contributed by atoms with Gasteiger partial charge in [-0.2, -0.15) is 5.10 Å². The maximum absolute atomic E-state index is 11.5.